The lowest BCUT2D eigenvalue weighted by molar-refractivity contribution is -0.136. The van der Waals surface area contributed by atoms with Crippen LogP contribution in [-0.2, 0) is 15.0 Å². The van der Waals surface area contributed by atoms with Gasteiger partial charge >= 0.3 is 0 Å². The fraction of sp³-hybridized carbons (Fsp3) is 0.367. The number of hydrogen-bond donors (Lipinski definition) is 1. The first-order valence-electron chi connectivity index (χ1n) is 12.9. The molecule has 1 N–H and O–H groups in total. The van der Waals surface area contributed by atoms with E-state index < -0.39 is 17.5 Å². The molecule has 0 unspecified atom stereocenters. The number of rotatable bonds is 5. The zero-order chi connectivity index (χ0) is 27.2. The second-order valence-corrected chi connectivity index (χ2v) is 10.8. The molecule has 5 rings (SSSR count). The summed E-state index contributed by atoms with van der Waals surface area (Å²) < 4.78 is 0. The summed E-state index contributed by atoms with van der Waals surface area (Å²) in [5.41, 5.74) is 2.71. The Kier molecular flexibility index (Phi) is 6.39. The van der Waals surface area contributed by atoms with Gasteiger partial charge in [0.1, 0.15) is 12.1 Å². The van der Waals surface area contributed by atoms with Crippen molar-refractivity contribution in [3.8, 4) is 6.07 Å². The van der Waals surface area contributed by atoms with E-state index in [1.54, 1.807) is 19.2 Å². The Balaban J connectivity index is 1.45. The maximum atomic E-state index is 14.1. The lowest BCUT2D eigenvalue weighted by atomic mass is 9.80. The highest BCUT2D eigenvalue weighted by atomic mass is 16.2. The number of aryl methyl sites for hydroxylation is 1. The molecule has 38 heavy (non-hydrogen) atoms. The second kappa shape index (κ2) is 9.56. The van der Waals surface area contributed by atoms with E-state index in [0.29, 0.717) is 12.0 Å². The fourth-order valence-electron chi connectivity index (χ4n) is 5.75. The Hall–Kier alpha value is -4.25. The summed E-state index contributed by atoms with van der Waals surface area (Å²) in [6.45, 7) is 6.01. The molecule has 2 aliphatic rings. The second-order valence-electron chi connectivity index (χ2n) is 10.8. The number of carbonyl (C=O) groups excluding carboxylic acids is 3. The highest BCUT2D eigenvalue weighted by Crippen LogP contribution is 2.46. The minimum absolute atomic E-state index is 0.102. The first-order valence-corrected chi connectivity index (χ1v) is 12.9. The van der Waals surface area contributed by atoms with E-state index in [1.807, 2.05) is 63.2 Å². The monoisotopic (exact) mass is 509 g/mol. The Bertz CT molecular complexity index is 1490. The van der Waals surface area contributed by atoms with Gasteiger partial charge in [0.2, 0.25) is 11.8 Å². The molecule has 0 radical (unpaired) electrons. The summed E-state index contributed by atoms with van der Waals surface area (Å²) in [4.78, 5) is 48.3. The Labute approximate surface area is 222 Å². The lowest BCUT2D eigenvalue weighted by Gasteiger charge is -2.33. The van der Waals surface area contributed by atoms with Crippen molar-refractivity contribution >= 4 is 34.3 Å². The van der Waals surface area contributed by atoms with Crippen LogP contribution < -0.4 is 5.32 Å². The normalized spacial score (nSPS) is 20.9. The van der Waals surface area contributed by atoms with Gasteiger partial charge in [0, 0.05) is 42.3 Å². The number of nitrogens with one attached hydrogen (secondary N) is 1. The molecular formula is C30H31N5O3. The zero-order valence-corrected chi connectivity index (χ0v) is 22.1. The quantitative estimate of drug-likeness (QED) is 0.559. The topological polar surface area (TPSA) is 106 Å². The molecule has 1 fully saturated rings. The van der Waals surface area contributed by atoms with Gasteiger partial charge in [-0.2, -0.15) is 5.26 Å². The largest absolute Gasteiger partial charge is 0.330 e. The molecule has 3 heterocycles. The zero-order valence-electron chi connectivity index (χ0n) is 22.1. The summed E-state index contributed by atoms with van der Waals surface area (Å²) >= 11 is 0. The van der Waals surface area contributed by atoms with Crippen LogP contribution in [-0.4, -0.2) is 58.2 Å². The SMILES string of the molecule is Cc1ccc2cc(C(=O)N(C)[C@@H](CC(C)C)C(=O)N3C[C@]4(C[C@H]3C#N)C(=O)Nc3ccccc34)ccc2n1. The molecule has 0 bridgehead atoms. The van der Waals surface area contributed by atoms with E-state index in [0.717, 1.165) is 27.8 Å². The molecule has 1 spiro atoms. The number of benzene rings is 2. The molecular weight excluding hydrogens is 478 g/mol. The van der Waals surface area contributed by atoms with E-state index in [2.05, 4.69) is 16.4 Å². The number of para-hydroxylation sites is 1. The van der Waals surface area contributed by atoms with Crippen molar-refractivity contribution in [2.24, 2.45) is 5.92 Å². The Morgan fingerprint density at radius 1 is 1.21 bits per heavy atom. The van der Waals surface area contributed by atoms with Crippen molar-refractivity contribution < 1.29 is 14.4 Å². The van der Waals surface area contributed by atoms with Gasteiger partial charge in [0.15, 0.2) is 0 Å². The number of pyridine rings is 1. The van der Waals surface area contributed by atoms with Gasteiger partial charge < -0.3 is 15.1 Å². The molecule has 3 atom stereocenters. The number of aromatic nitrogens is 1. The predicted octanol–water partition coefficient (Wildman–Crippen LogP) is 4.04. The average Bonchev–Trinajstić information content (AvgIpc) is 3.43. The van der Waals surface area contributed by atoms with Gasteiger partial charge in [-0.3, -0.25) is 19.4 Å². The third-order valence-corrected chi connectivity index (χ3v) is 7.76. The van der Waals surface area contributed by atoms with Crippen LogP contribution in [0.1, 0.15) is 48.3 Å². The summed E-state index contributed by atoms with van der Waals surface area (Å²) in [7, 11) is 1.63. The third-order valence-electron chi connectivity index (χ3n) is 7.76. The van der Waals surface area contributed by atoms with Crippen LogP contribution >= 0.6 is 0 Å². The van der Waals surface area contributed by atoms with Crippen molar-refractivity contribution in [3.05, 3.63) is 71.4 Å². The summed E-state index contributed by atoms with van der Waals surface area (Å²) in [5.74, 6) is -0.666. The number of hydrogen-bond acceptors (Lipinski definition) is 5. The summed E-state index contributed by atoms with van der Waals surface area (Å²) in [5, 5.41) is 13.8. The maximum Gasteiger partial charge on any atom is 0.254 e. The van der Waals surface area contributed by atoms with E-state index in [-0.39, 0.29) is 36.6 Å². The number of likely N-dealkylation sites (N-methyl/N-ethyl adjacent to an activating group) is 1. The van der Waals surface area contributed by atoms with Crippen LogP contribution in [0.25, 0.3) is 10.9 Å². The number of nitriles is 1. The van der Waals surface area contributed by atoms with Gasteiger partial charge in [-0.25, -0.2) is 0 Å². The minimum atomic E-state index is -0.971. The molecule has 1 saturated heterocycles. The third kappa shape index (κ3) is 4.18. The minimum Gasteiger partial charge on any atom is -0.330 e. The summed E-state index contributed by atoms with van der Waals surface area (Å²) in [6.07, 6.45) is 0.654. The predicted molar refractivity (Wildman–Crippen MR) is 144 cm³/mol. The number of carbonyl (C=O) groups is 3. The first kappa shape index (κ1) is 25.4. The molecule has 194 valence electrons. The molecule has 1 aromatic heterocycles. The van der Waals surface area contributed by atoms with Crippen molar-refractivity contribution in [1.82, 2.24) is 14.8 Å². The molecule has 8 nitrogen and oxygen atoms in total. The average molecular weight is 510 g/mol. The van der Waals surface area contributed by atoms with Crippen molar-refractivity contribution in [3.63, 3.8) is 0 Å². The van der Waals surface area contributed by atoms with E-state index in [4.69, 9.17) is 0 Å². The van der Waals surface area contributed by atoms with Gasteiger partial charge in [-0.05, 0) is 55.2 Å². The van der Waals surface area contributed by atoms with E-state index >= 15 is 0 Å². The smallest absolute Gasteiger partial charge is 0.254 e. The van der Waals surface area contributed by atoms with Gasteiger partial charge in [0.25, 0.3) is 5.91 Å². The number of fused-ring (bicyclic) bond motifs is 3. The van der Waals surface area contributed by atoms with E-state index in [9.17, 15) is 19.6 Å². The van der Waals surface area contributed by atoms with Crippen LogP contribution in [0, 0.1) is 24.2 Å². The molecule has 2 aliphatic heterocycles. The van der Waals surface area contributed by atoms with E-state index in [1.165, 1.54) is 9.80 Å². The highest BCUT2D eigenvalue weighted by molar-refractivity contribution is 6.07. The Morgan fingerprint density at radius 2 is 1.97 bits per heavy atom. The number of amides is 3. The molecule has 3 amide bonds. The Morgan fingerprint density at radius 3 is 2.71 bits per heavy atom. The van der Waals surface area contributed by atoms with Crippen LogP contribution in [0.2, 0.25) is 0 Å². The van der Waals surface area contributed by atoms with Crippen LogP contribution in [0.5, 0.6) is 0 Å². The van der Waals surface area contributed by atoms with Crippen LogP contribution in [0.4, 0.5) is 5.69 Å². The van der Waals surface area contributed by atoms with Crippen LogP contribution in [0.3, 0.4) is 0 Å². The standard InChI is InChI=1S/C30H31N5O3/c1-18(2)13-26(34(4)27(36)21-11-12-24-20(14-21)10-9-19(3)32-24)28(37)35-17-30(15-22(35)16-31)23-7-5-6-8-25(23)33-29(30)38/h5-12,14,18,22,26H,13,15,17H2,1-4H3,(H,33,38)/t22-,26-,30-/m0/s1. The molecule has 3 aromatic rings. The molecule has 0 aliphatic carbocycles. The number of likely N-dealkylation sites (tertiary alicyclic amines) is 1. The highest BCUT2D eigenvalue weighted by Gasteiger charge is 2.56. The van der Waals surface area contributed by atoms with Gasteiger partial charge in [0.05, 0.1) is 17.0 Å². The van der Waals surface area contributed by atoms with Crippen molar-refractivity contribution in [1.29, 1.82) is 5.26 Å². The number of nitrogens with zero attached hydrogens (tertiary/aromatic N) is 4. The fourth-order valence-corrected chi connectivity index (χ4v) is 5.75. The van der Waals surface area contributed by atoms with Crippen LogP contribution in [0.15, 0.2) is 54.6 Å². The molecule has 0 saturated carbocycles. The van der Waals surface area contributed by atoms with Crippen molar-refractivity contribution in [2.75, 3.05) is 18.9 Å². The first-order chi connectivity index (χ1) is 18.1. The molecule has 8 heteroatoms. The van der Waals surface area contributed by atoms with Crippen molar-refractivity contribution in [2.45, 2.75) is 51.1 Å². The molecule has 2 aromatic carbocycles. The summed E-state index contributed by atoms with van der Waals surface area (Å²) in [6, 6.07) is 17.3. The van der Waals surface area contributed by atoms with Gasteiger partial charge in [-0.15, -0.1) is 0 Å². The lowest BCUT2D eigenvalue weighted by Crippen LogP contribution is -2.52. The van der Waals surface area contributed by atoms with Gasteiger partial charge in [-0.1, -0.05) is 38.1 Å². The maximum absolute atomic E-state index is 14.1. The number of anilines is 1.